The fourth-order valence-electron chi connectivity index (χ4n) is 1.45. The number of carbonyl (C=O) groups is 2. The number of hydrogen-bond acceptors (Lipinski definition) is 5. The van der Waals surface area contributed by atoms with E-state index in [0.717, 1.165) is 6.42 Å². The van der Waals surface area contributed by atoms with Crippen molar-refractivity contribution in [2.75, 3.05) is 6.54 Å². The maximum atomic E-state index is 11.7. The van der Waals surface area contributed by atoms with Crippen molar-refractivity contribution in [2.24, 2.45) is 11.7 Å². The number of nitrogens with zero attached hydrogens (tertiary/aromatic N) is 1. The molecule has 7 heteroatoms. The number of hydrogen-bond donors (Lipinski definition) is 3. The first kappa shape index (κ1) is 15.6. The minimum atomic E-state index is -1.04. The van der Waals surface area contributed by atoms with Gasteiger partial charge in [-0.25, -0.2) is 9.78 Å². The molecule has 0 aliphatic heterocycles. The molecule has 1 heterocycles. The van der Waals surface area contributed by atoms with Crippen molar-refractivity contribution in [1.82, 2.24) is 10.3 Å². The Morgan fingerprint density at radius 2 is 2.26 bits per heavy atom. The summed E-state index contributed by atoms with van der Waals surface area (Å²) in [6.45, 7) is 4.33. The van der Waals surface area contributed by atoms with Crippen LogP contribution in [0.3, 0.4) is 0 Å². The van der Waals surface area contributed by atoms with Gasteiger partial charge in [0.05, 0.1) is 11.0 Å². The predicted molar refractivity (Wildman–Crippen MR) is 73.2 cm³/mol. The number of thiazole rings is 1. The molecule has 1 rings (SSSR count). The maximum Gasteiger partial charge on any atom is 0.355 e. The molecule has 19 heavy (non-hydrogen) atoms. The monoisotopic (exact) mass is 285 g/mol. The van der Waals surface area contributed by atoms with Crippen LogP contribution in [0.4, 0.5) is 0 Å². The highest BCUT2D eigenvalue weighted by molar-refractivity contribution is 7.09. The van der Waals surface area contributed by atoms with Gasteiger partial charge in [-0.3, -0.25) is 4.79 Å². The van der Waals surface area contributed by atoms with E-state index in [4.69, 9.17) is 10.8 Å². The van der Waals surface area contributed by atoms with Crippen LogP contribution < -0.4 is 11.1 Å². The highest BCUT2D eigenvalue weighted by Gasteiger charge is 2.18. The molecule has 1 unspecified atom stereocenters. The molecular weight excluding hydrogens is 266 g/mol. The van der Waals surface area contributed by atoms with Gasteiger partial charge in [-0.15, -0.1) is 11.3 Å². The maximum absolute atomic E-state index is 11.7. The average molecular weight is 285 g/mol. The largest absolute Gasteiger partial charge is 0.476 e. The van der Waals surface area contributed by atoms with E-state index in [0.29, 0.717) is 18.0 Å². The first-order chi connectivity index (χ1) is 8.95. The van der Waals surface area contributed by atoms with Gasteiger partial charge in [-0.1, -0.05) is 20.3 Å². The first-order valence-electron chi connectivity index (χ1n) is 6.16. The van der Waals surface area contributed by atoms with Gasteiger partial charge in [0.25, 0.3) is 0 Å². The third kappa shape index (κ3) is 4.60. The van der Waals surface area contributed by atoms with E-state index < -0.39 is 12.0 Å². The molecule has 0 bridgehead atoms. The number of amides is 1. The van der Waals surface area contributed by atoms with Crippen LogP contribution in [0.2, 0.25) is 0 Å². The van der Waals surface area contributed by atoms with Crippen LogP contribution in [-0.2, 0) is 11.2 Å². The van der Waals surface area contributed by atoms with Gasteiger partial charge in [0.15, 0.2) is 5.69 Å². The lowest BCUT2D eigenvalue weighted by atomic mass is 9.99. The smallest absolute Gasteiger partial charge is 0.355 e. The van der Waals surface area contributed by atoms with E-state index in [-0.39, 0.29) is 17.5 Å². The standard InChI is InChI=1S/C12H19N3O3S/c1-3-7(2)10(13)11(16)14-5-4-9-15-8(6-19-9)12(17)18/h6-7,10H,3-5,13H2,1-2H3,(H,14,16)(H,17,18)/t7?,10-/m0/s1. The van der Waals surface area contributed by atoms with Crippen LogP contribution in [0, 0.1) is 5.92 Å². The summed E-state index contributed by atoms with van der Waals surface area (Å²) in [5.41, 5.74) is 5.84. The Morgan fingerprint density at radius 3 is 2.79 bits per heavy atom. The van der Waals surface area contributed by atoms with Gasteiger partial charge < -0.3 is 16.2 Å². The zero-order chi connectivity index (χ0) is 14.4. The lowest BCUT2D eigenvalue weighted by Gasteiger charge is -2.17. The predicted octanol–water partition coefficient (Wildman–Crippen LogP) is 0.873. The number of rotatable bonds is 7. The van der Waals surface area contributed by atoms with E-state index in [9.17, 15) is 9.59 Å². The lowest BCUT2D eigenvalue weighted by molar-refractivity contribution is -0.123. The Balaban J connectivity index is 2.37. The van der Waals surface area contributed by atoms with E-state index in [2.05, 4.69) is 10.3 Å². The zero-order valence-electron chi connectivity index (χ0n) is 11.0. The van der Waals surface area contributed by atoms with Crippen molar-refractivity contribution in [3.63, 3.8) is 0 Å². The number of aromatic carboxylic acids is 1. The van der Waals surface area contributed by atoms with Crippen molar-refractivity contribution < 1.29 is 14.7 Å². The Bertz CT molecular complexity index is 447. The summed E-state index contributed by atoms with van der Waals surface area (Å²) >= 11 is 1.27. The highest BCUT2D eigenvalue weighted by Crippen LogP contribution is 2.10. The highest BCUT2D eigenvalue weighted by atomic mass is 32.1. The average Bonchev–Trinajstić information content (AvgIpc) is 2.85. The molecule has 0 aliphatic rings. The van der Waals surface area contributed by atoms with Crippen molar-refractivity contribution in [1.29, 1.82) is 0 Å². The molecular formula is C12H19N3O3S. The van der Waals surface area contributed by atoms with Crippen LogP contribution in [0.5, 0.6) is 0 Å². The molecule has 1 aromatic heterocycles. The third-order valence-electron chi connectivity index (χ3n) is 2.97. The lowest BCUT2D eigenvalue weighted by Crippen LogP contribution is -2.45. The van der Waals surface area contributed by atoms with E-state index in [1.54, 1.807) is 0 Å². The Labute approximate surface area is 116 Å². The number of nitrogens with one attached hydrogen (secondary N) is 1. The molecule has 0 radical (unpaired) electrons. The molecule has 0 spiro atoms. The number of carbonyl (C=O) groups excluding carboxylic acids is 1. The molecule has 2 atom stereocenters. The summed E-state index contributed by atoms with van der Waals surface area (Å²) in [5, 5.41) is 13.7. The molecule has 4 N–H and O–H groups in total. The molecule has 106 valence electrons. The topological polar surface area (TPSA) is 105 Å². The minimum absolute atomic E-state index is 0.0441. The fourth-order valence-corrected chi connectivity index (χ4v) is 2.22. The molecule has 0 saturated carbocycles. The zero-order valence-corrected chi connectivity index (χ0v) is 11.9. The van der Waals surface area contributed by atoms with Crippen LogP contribution in [0.15, 0.2) is 5.38 Å². The minimum Gasteiger partial charge on any atom is -0.476 e. The van der Waals surface area contributed by atoms with Crippen molar-refractivity contribution in [3.8, 4) is 0 Å². The molecule has 0 aromatic carbocycles. The molecule has 6 nitrogen and oxygen atoms in total. The second-order valence-corrected chi connectivity index (χ2v) is 5.33. The molecule has 1 aromatic rings. The van der Waals surface area contributed by atoms with E-state index in [1.807, 2.05) is 13.8 Å². The van der Waals surface area contributed by atoms with E-state index in [1.165, 1.54) is 16.7 Å². The second kappa shape index (κ2) is 7.20. The quantitative estimate of drug-likeness (QED) is 0.689. The second-order valence-electron chi connectivity index (χ2n) is 4.38. The van der Waals surface area contributed by atoms with Crippen LogP contribution in [-0.4, -0.2) is 34.6 Å². The van der Waals surface area contributed by atoms with Crippen molar-refractivity contribution in [2.45, 2.75) is 32.7 Å². The summed E-state index contributed by atoms with van der Waals surface area (Å²) in [7, 11) is 0. The van der Waals surface area contributed by atoms with Crippen molar-refractivity contribution in [3.05, 3.63) is 16.1 Å². The molecule has 1 amide bonds. The fraction of sp³-hybridized carbons (Fsp3) is 0.583. The first-order valence-corrected chi connectivity index (χ1v) is 7.04. The molecule has 0 fully saturated rings. The van der Waals surface area contributed by atoms with Gasteiger partial charge in [0.2, 0.25) is 5.91 Å². The van der Waals surface area contributed by atoms with Gasteiger partial charge in [0.1, 0.15) is 0 Å². The van der Waals surface area contributed by atoms with Gasteiger partial charge in [-0.2, -0.15) is 0 Å². The van der Waals surface area contributed by atoms with Gasteiger partial charge in [-0.05, 0) is 5.92 Å². The summed E-state index contributed by atoms with van der Waals surface area (Å²) < 4.78 is 0. The Kier molecular flexibility index (Phi) is 5.91. The van der Waals surface area contributed by atoms with Crippen LogP contribution in [0.25, 0.3) is 0 Å². The number of carboxylic acids is 1. The summed E-state index contributed by atoms with van der Waals surface area (Å²) in [4.78, 5) is 26.3. The van der Waals surface area contributed by atoms with Gasteiger partial charge >= 0.3 is 5.97 Å². The van der Waals surface area contributed by atoms with Gasteiger partial charge in [0, 0.05) is 18.3 Å². The number of nitrogens with two attached hydrogens (primary N) is 1. The molecule has 0 aliphatic carbocycles. The van der Waals surface area contributed by atoms with Crippen LogP contribution >= 0.6 is 11.3 Å². The number of aromatic nitrogens is 1. The normalized spacial score (nSPS) is 13.8. The van der Waals surface area contributed by atoms with E-state index >= 15 is 0 Å². The Hall–Kier alpha value is -1.47. The molecule has 0 saturated heterocycles. The third-order valence-corrected chi connectivity index (χ3v) is 3.88. The summed E-state index contributed by atoms with van der Waals surface area (Å²) in [6, 6.07) is -0.504. The Morgan fingerprint density at radius 1 is 1.58 bits per heavy atom. The summed E-state index contributed by atoms with van der Waals surface area (Å²) in [5.74, 6) is -1.08. The van der Waals surface area contributed by atoms with Crippen molar-refractivity contribution >= 4 is 23.2 Å². The van der Waals surface area contributed by atoms with Crippen LogP contribution in [0.1, 0.15) is 35.8 Å². The number of carboxylic acid groups (broad SMARTS) is 1. The SMILES string of the molecule is CCC(C)[C@H](N)C(=O)NCCc1nc(C(=O)O)cs1. The summed E-state index contributed by atoms with van der Waals surface area (Å²) in [6.07, 6.45) is 1.36.